The summed E-state index contributed by atoms with van der Waals surface area (Å²) in [6.45, 7) is 7.12. The molecule has 2 aliphatic heterocycles. The molecule has 0 bridgehead atoms. The van der Waals surface area contributed by atoms with Crippen LogP contribution in [0, 0.1) is 0 Å². The number of benzene rings is 6. The first-order valence-corrected chi connectivity index (χ1v) is 20.7. The van der Waals surface area contributed by atoms with Crippen LogP contribution in [0.5, 0.6) is 0 Å². The lowest BCUT2D eigenvalue weighted by molar-refractivity contribution is -0.0440. The van der Waals surface area contributed by atoms with Crippen LogP contribution >= 0.6 is 0 Å². The van der Waals surface area contributed by atoms with E-state index in [-0.39, 0.29) is 24.0 Å². The van der Waals surface area contributed by atoms with E-state index in [1.165, 1.54) is 38.5 Å². The second kappa shape index (κ2) is 14.6. The first-order chi connectivity index (χ1) is 29.0. The molecule has 3 heterocycles. The minimum atomic E-state index is -0.385. The molecule has 0 saturated carbocycles. The molecular weight excluding hydrogens is 731 g/mol. The van der Waals surface area contributed by atoms with Crippen molar-refractivity contribution in [2.75, 3.05) is 36.2 Å². The van der Waals surface area contributed by atoms with E-state index in [0.29, 0.717) is 26.4 Å². The van der Waals surface area contributed by atoms with Gasteiger partial charge in [-0.05, 0) is 81.9 Å². The van der Waals surface area contributed by atoms with Crippen LogP contribution in [0.15, 0.2) is 163 Å². The average Bonchev–Trinajstić information content (AvgIpc) is 4.07. The summed E-state index contributed by atoms with van der Waals surface area (Å²) in [5, 5.41) is 4.75. The molecule has 7 heteroatoms. The van der Waals surface area contributed by atoms with Gasteiger partial charge in [-0.1, -0.05) is 123 Å². The van der Waals surface area contributed by atoms with Gasteiger partial charge in [0.2, 0.25) is 0 Å². The molecule has 0 amide bonds. The normalized spacial score (nSPS) is 18.6. The molecule has 2 aliphatic carbocycles. The molecule has 2 fully saturated rings. The van der Waals surface area contributed by atoms with Gasteiger partial charge in [0, 0.05) is 50.6 Å². The number of hydrogen-bond acceptors (Lipinski definition) is 7. The van der Waals surface area contributed by atoms with Gasteiger partial charge in [-0.25, -0.2) is 4.98 Å². The monoisotopic (exact) mass is 775 g/mol. The van der Waals surface area contributed by atoms with Crippen molar-refractivity contribution in [1.82, 2.24) is 4.98 Å². The van der Waals surface area contributed by atoms with Crippen LogP contribution in [0.25, 0.3) is 32.7 Å². The zero-order chi connectivity index (χ0) is 39.5. The predicted molar refractivity (Wildman–Crippen MR) is 236 cm³/mol. The summed E-state index contributed by atoms with van der Waals surface area (Å²) < 4.78 is 23.9. The van der Waals surface area contributed by atoms with Crippen molar-refractivity contribution >= 4 is 50.1 Å². The minimum absolute atomic E-state index is 0.0527. The first-order valence-electron chi connectivity index (χ1n) is 20.7. The number of rotatable bonds is 8. The Labute approximate surface area is 344 Å². The van der Waals surface area contributed by atoms with E-state index in [1.54, 1.807) is 0 Å². The van der Waals surface area contributed by atoms with Gasteiger partial charge in [-0.3, -0.25) is 4.90 Å². The number of aromatic nitrogens is 1. The van der Waals surface area contributed by atoms with Gasteiger partial charge in [0.15, 0.2) is 12.6 Å². The third kappa shape index (κ3) is 6.24. The Balaban J connectivity index is 1.02. The summed E-state index contributed by atoms with van der Waals surface area (Å²) in [7, 11) is 0. The number of ether oxygens (including phenoxy) is 4. The summed E-state index contributed by atoms with van der Waals surface area (Å²) in [6, 6.07) is 48.2. The second-order valence-corrected chi connectivity index (χ2v) is 16.3. The molecule has 1 aromatic heterocycles. The molecule has 59 heavy (non-hydrogen) atoms. The Bertz CT molecular complexity index is 2790. The van der Waals surface area contributed by atoms with Crippen molar-refractivity contribution in [3.05, 3.63) is 180 Å². The molecule has 7 nitrogen and oxygen atoms in total. The Kier molecular flexibility index (Phi) is 8.93. The van der Waals surface area contributed by atoms with Crippen molar-refractivity contribution < 1.29 is 18.9 Å². The van der Waals surface area contributed by atoms with Crippen LogP contribution < -0.4 is 9.80 Å². The maximum Gasteiger partial charge on any atom is 0.184 e. The van der Waals surface area contributed by atoms with Gasteiger partial charge >= 0.3 is 0 Å². The first kappa shape index (κ1) is 36.0. The lowest BCUT2D eigenvalue weighted by Crippen LogP contribution is -2.33. The molecule has 1 unspecified atom stereocenters. The molecule has 7 aromatic rings. The lowest BCUT2D eigenvalue weighted by atomic mass is 9.82. The van der Waals surface area contributed by atoms with Crippen LogP contribution in [0.1, 0.15) is 43.2 Å². The molecule has 292 valence electrons. The highest BCUT2D eigenvalue weighted by atomic mass is 16.7. The van der Waals surface area contributed by atoms with Gasteiger partial charge in [-0.15, -0.1) is 0 Å². The summed E-state index contributed by atoms with van der Waals surface area (Å²) in [4.78, 5) is 10.1. The minimum Gasteiger partial charge on any atom is -0.346 e. The summed E-state index contributed by atoms with van der Waals surface area (Å²) in [5.41, 5.74) is 11.1. The van der Waals surface area contributed by atoms with Crippen LogP contribution in [0.3, 0.4) is 0 Å². The van der Waals surface area contributed by atoms with Crippen molar-refractivity contribution in [2.24, 2.45) is 0 Å². The molecule has 4 aliphatic rings. The maximum atomic E-state index is 6.00. The summed E-state index contributed by atoms with van der Waals surface area (Å²) in [5.74, 6) is 0.854. The predicted octanol–water partition coefficient (Wildman–Crippen LogP) is 12.0. The molecule has 0 N–H and O–H groups in total. The molecule has 2 saturated heterocycles. The number of fused-ring (bicyclic) bond motifs is 5. The quantitative estimate of drug-likeness (QED) is 0.152. The number of nitrogens with zero attached hydrogens (tertiary/aromatic N) is 3. The fourth-order valence-corrected chi connectivity index (χ4v) is 9.57. The number of pyridine rings is 1. The lowest BCUT2D eigenvalue weighted by Gasteiger charge is -2.36. The van der Waals surface area contributed by atoms with E-state index in [9.17, 15) is 0 Å². The van der Waals surface area contributed by atoms with E-state index in [0.717, 1.165) is 51.4 Å². The topological polar surface area (TPSA) is 56.3 Å². The summed E-state index contributed by atoms with van der Waals surface area (Å²) >= 11 is 0. The Morgan fingerprint density at radius 2 is 1.24 bits per heavy atom. The van der Waals surface area contributed by atoms with Gasteiger partial charge in [0.05, 0.1) is 38.2 Å². The molecule has 6 aromatic carbocycles. The van der Waals surface area contributed by atoms with Crippen LogP contribution in [0.4, 0.5) is 28.6 Å². The second-order valence-electron chi connectivity index (χ2n) is 16.3. The molecule has 0 spiro atoms. The largest absolute Gasteiger partial charge is 0.346 e. The SMILES string of the molecule is CC1(C)c2cc(N(c3cccc4ccccc34)C3C=CC=C(C4OCCO4)C3)ccc2-c2cnc(N(c3cccc(C4OCCO4)c3)c3cccc4ccccc34)cc21. The van der Waals surface area contributed by atoms with Crippen molar-refractivity contribution in [1.29, 1.82) is 0 Å². The van der Waals surface area contributed by atoms with Gasteiger partial charge < -0.3 is 23.8 Å². The Hall–Kier alpha value is -6.09. The summed E-state index contributed by atoms with van der Waals surface area (Å²) in [6.07, 6.45) is 8.83. The van der Waals surface area contributed by atoms with Crippen molar-refractivity contribution in [2.45, 2.75) is 44.3 Å². The van der Waals surface area contributed by atoms with E-state index in [2.05, 4.69) is 182 Å². The highest BCUT2D eigenvalue weighted by Gasteiger charge is 2.38. The number of anilines is 5. The average molecular weight is 776 g/mol. The fourth-order valence-electron chi connectivity index (χ4n) is 9.57. The third-order valence-electron chi connectivity index (χ3n) is 12.4. The standard InChI is InChI=1S/C52H45N3O4/c1-52(2)45-31-40(54(47-21-9-13-34-11-3-5-19-41(34)47)38-17-7-15-36(29-38)50-56-25-26-57-50)23-24-43(45)44-33-53-49(32-46(44)52)55(48-22-10-14-35-12-4-6-20-42(35)48)39-18-8-16-37(30-39)51-58-27-28-59-51/h3-24,30-33,38,50-51H,25-29H2,1-2H3. The zero-order valence-electron chi connectivity index (χ0n) is 33.3. The van der Waals surface area contributed by atoms with E-state index >= 15 is 0 Å². The molecular formula is C52H45N3O4. The smallest absolute Gasteiger partial charge is 0.184 e. The molecule has 11 rings (SSSR count). The van der Waals surface area contributed by atoms with Crippen molar-refractivity contribution in [3.8, 4) is 11.1 Å². The fraction of sp³-hybridized carbons (Fsp3) is 0.212. The van der Waals surface area contributed by atoms with Crippen LogP contribution in [-0.2, 0) is 24.4 Å². The zero-order valence-corrected chi connectivity index (χ0v) is 33.3. The third-order valence-corrected chi connectivity index (χ3v) is 12.4. The maximum absolute atomic E-state index is 6.00. The Morgan fingerprint density at radius 3 is 2.00 bits per heavy atom. The number of allylic oxidation sites excluding steroid dienone is 2. The Morgan fingerprint density at radius 1 is 0.593 bits per heavy atom. The van der Waals surface area contributed by atoms with E-state index in [1.807, 2.05) is 0 Å². The van der Waals surface area contributed by atoms with Gasteiger partial charge in [0.25, 0.3) is 0 Å². The van der Waals surface area contributed by atoms with Crippen LogP contribution in [-0.4, -0.2) is 43.7 Å². The van der Waals surface area contributed by atoms with Crippen molar-refractivity contribution in [3.63, 3.8) is 0 Å². The van der Waals surface area contributed by atoms with Gasteiger partial charge in [-0.2, -0.15) is 0 Å². The van der Waals surface area contributed by atoms with Crippen LogP contribution in [0.2, 0.25) is 0 Å². The molecule has 0 radical (unpaired) electrons. The molecule has 1 atom stereocenters. The highest BCUT2D eigenvalue weighted by Crippen LogP contribution is 2.52. The van der Waals surface area contributed by atoms with E-state index < -0.39 is 0 Å². The van der Waals surface area contributed by atoms with E-state index in [4.69, 9.17) is 23.9 Å². The van der Waals surface area contributed by atoms with Gasteiger partial charge in [0.1, 0.15) is 5.82 Å². The highest BCUT2D eigenvalue weighted by molar-refractivity contribution is 5.99. The number of hydrogen-bond donors (Lipinski definition) is 0.